The van der Waals surface area contributed by atoms with E-state index in [1.54, 1.807) is 0 Å². The highest BCUT2D eigenvalue weighted by atomic mass is 14.9. The molecular weight excluding hydrogens is 194 g/mol. The monoisotopic (exact) mass is 231 g/mol. The summed E-state index contributed by atoms with van der Waals surface area (Å²) in [6.45, 7) is 19.1. The van der Waals surface area contributed by atoms with Gasteiger partial charge in [0.15, 0.2) is 0 Å². The van der Waals surface area contributed by atoms with Crippen molar-refractivity contribution in [1.29, 1.82) is 0 Å². The van der Waals surface area contributed by atoms with E-state index in [4.69, 9.17) is 0 Å². The first-order valence-electron chi connectivity index (χ1n) is 7.54. The maximum atomic E-state index is 3.41. The second-order valence-electron chi connectivity index (χ2n) is 3.46. The average molecular weight is 231 g/mol. The van der Waals surface area contributed by atoms with Crippen molar-refractivity contribution in [3.05, 3.63) is 0 Å². The van der Waals surface area contributed by atoms with Crippen molar-refractivity contribution in [1.82, 2.24) is 5.32 Å². The lowest BCUT2D eigenvalue weighted by molar-refractivity contribution is 0.185. The lowest BCUT2D eigenvalue weighted by atomic mass is 9.75. The van der Waals surface area contributed by atoms with Gasteiger partial charge in [-0.2, -0.15) is 0 Å². The molecule has 102 valence electrons. The summed E-state index contributed by atoms with van der Waals surface area (Å²) in [4.78, 5) is 0. The summed E-state index contributed by atoms with van der Waals surface area (Å²) in [5.41, 5.74) is 0.700. The molecule has 0 aliphatic carbocycles. The summed E-state index contributed by atoms with van der Waals surface area (Å²) in [6, 6.07) is 0. The van der Waals surface area contributed by atoms with E-state index in [2.05, 4.69) is 19.2 Å². The maximum absolute atomic E-state index is 3.41. The molecule has 1 aliphatic heterocycles. The van der Waals surface area contributed by atoms with E-state index in [0.717, 1.165) is 0 Å². The van der Waals surface area contributed by atoms with Gasteiger partial charge in [-0.15, -0.1) is 0 Å². The maximum Gasteiger partial charge on any atom is -0.00436 e. The van der Waals surface area contributed by atoms with Gasteiger partial charge < -0.3 is 5.32 Å². The number of rotatable bonds is 2. The van der Waals surface area contributed by atoms with Gasteiger partial charge in [0.05, 0.1) is 0 Å². The second-order valence-corrected chi connectivity index (χ2v) is 3.46. The van der Waals surface area contributed by atoms with Gasteiger partial charge in [0.25, 0.3) is 0 Å². The fraction of sp³-hybridized carbons (Fsp3) is 1.00. The first-order chi connectivity index (χ1) is 7.83. The van der Waals surface area contributed by atoms with Crippen LogP contribution in [-0.2, 0) is 0 Å². The minimum absolute atomic E-state index is 0.700. The summed E-state index contributed by atoms with van der Waals surface area (Å²) in [6.07, 6.45) is 5.51. The van der Waals surface area contributed by atoms with Gasteiger partial charge in [-0.05, 0) is 31.3 Å². The van der Waals surface area contributed by atoms with E-state index in [9.17, 15) is 0 Å². The molecule has 1 nitrogen and oxygen atoms in total. The van der Waals surface area contributed by atoms with Crippen LogP contribution in [0.3, 0.4) is 0 Å². The van der Waals surface area contributed by atoms with E-state index in [-0.39, 0.29) is 0 Å². The zero-order valence-electron chi connectivity index (χ0n) is 13.2. The second kappa shape index (κ2) is 17.4. The largest absolute Gasteiger partial charge is 0.317 e. The summed E-state index contributed by atoms with van der Waals surface area (Å²) in [7, 11) is 0. The van der Waals surface area contributed by atoms with Gasteiger partial charge in [0.2, 0.25) is 0 Å². The molecule has 0 aromatic carbocycles. The average Bonchev–Trinajstić information content (AvgIpc) is 2.46. The van der Waals surface area contributed by atoms with Crippen LogP contribution in [0, 0.1) is 5.41 Å². The molecule has 0 aromatic rings. The fourth-order valence-corrected chi connectivity index (χ4v) is 1.91. The van der Waals surface area contributed by atoms with Crippen molar-refractivity contribution in [3.63, 3.8) is 0 Å². The molecule has 1 heterocycles. The molecule has 1 N–H and O–H groups in total. The SMILES string of the molecule is CC.CC.CC.CCC1(CC)CCNCC1. The first kappa shape index (κ1) is 21.3. The van der Waals surface area contributed by atoms with Crippen molar-refractivity contribution >= 4 is 0 Å². The number of hydrogen-bond donors (Lipinski definition) is 1. The quantitative estimate of drug-likeness (QED) is 0.684. The van der Waals surface area contributed by atoms with Gasteiger partial charge >= 0.3 is 0 Å². The van der Waals surface area contributed by atoms with Crippen molar-refractivity contribution < 1.29 is 0 Å². The molecule has 0 spiro atoms. The molecule has 0 aromatic heterocycles. The topological polar surface area (TPSA) is 12.0 Å². The Morgan fingerprint density at radius 1 is 0.750 bits per heavy atom. The minimum Gasteiger partial charge on any atom is -0.317 e. The highest BCUT2D eigenvalue weighted by Gasteiger charge is 2.27. The van der Waals surface area contributed by atoms with Gasteiger partial charge in [0, 0.05) is 0 Å². The van der Waals surface area contributed by atoms with Crippen LogP contribution in [0.5, 0.6) is 0 Å². The Morgan fingerprint density at radius 3 is 1.25 bits per heavy atom. The number of nitrogens with one attached hydrogen (secondary N) is 1. The third-order valence-corrected chi connectivity index (χ3v) is 3.16. The third-order valence-electron chi connectivity index (χ3n) is 3.16. The minimum atomic E-state index is 0.700. The van der Waals surface area contributed by atoms with Gasteiger partial charge in [-0.3, -0.25) is 0 Å². The Hall–Kier alpha value is -0.0400. The molecule has 1 fully saturated rings. The fourth-order valence-electron chi connectivity index (χ4n) is 1.91. The first-order valence-corrected chi connectivity index (χ1v) is 7.54. The third kappa shape index (κ3) is 9.21. The molecular formula is C15H37N. The lowest BCUT2D eigenvalue weighted by Crippen LogP contribution is -2.35. The molecule has 16 heavy (non-hydrogen) atoms. The highest BCUT2D eigenvalue weighted by molar-refractivity contribution is 4.81. The highest BCUT2D eigenvalue weighted by Crippen LogP contribution is 2.35. The Morgan fingerprint density at radius 2 is 1.06 bits per heavy atom. The van der Waals surface area contributed by atoms with E-state index in [1.165, 1.54) is 38.8 Å². The Bertz CT molecular complexity index is 87.6. The molecule has 0 unspecified atom stereocenters. The smallest absolute Gasteiger partial charge is 0.00436 e. The Labute approximate surface area is 105 Å². The summed E-state index contributed by atoms with van der Waals surface area (Å²) >= 11 is 0. The molecule has 1 rings (SSSR count). The van der Waals surface area contributed by atoms with Gasteiger partial charge in [-0.1, -0.05) is 68.2 Å². The number of hydrogen-bond acceptors (Lipinski definition) is 1. The van der Waals surface area contributed by atoms with Crippen LogP contribution in [0.2, 0.25) is 0 Å². The van der Waals surface area contributed by atoms with Gasteiger partial charge in [0.1, 0.15) is 0 Å². The van der Waals surface area contributed by atoms with Crippen LogP contribution in [0.1, 0.15) is 81.1 Å². The molecule has 1 heteroatoms. The molecule has 0 bridgehead atoms. The molecule has 0 amide bonds. The van der Waals surface area contributed by atoms with E-state index >= 15 is 0 Å². The van der Waals surface area contributed by atoms with Crippen molar-refractivity contribution in [2.24, 2.45) is 5.41 Å². The Balaban J connectivity index is -0.000000245. The van der Waals surface area contributed by atoms with Crippen LogP contribution in [0.4, 0.5) is 0 Å². The summed E-state index contributed by atoms with van der Waals surface area (Å²) in [5.74, 6) is 0. The predicted octanol–water partition coefficient (Wildman–Crippen LogP) is 5.25. The van der Waals surface area contributed by atoms with Crippen molar-refractivity contribution in [2.45, 2.75) is 81.1 Å². The van der Waals surface area contributed by atoms with Crippen molar-refractivity contribution in [3.8, 4) is 0 Å². The lowest BCUT2D eigenvalue weighted by Gasteiger charge is -2.35. The molecule has 0 radical (unpaired) electrons. The standard InChI is InChI=1S/C9H19N.3C2H6/c1-3-9(4-2)5-7-10-8-6-9;3*1-2/h10H,3-8H2,1-2H3;3*1-2H3. The molecule has 0 atom stereocenters. The molecule has 1 saturated heterocycles. The van der Waals surface area contributed by atoms with Crippen molar-refractivity contribution in [2.75, 3.05) is 13.1 Å². The van der Waals surface area contributed by atoms with E-state index in [0.29, 0.717) is 5.41 Å². The van der Waals surface area contributed by atoms with Crippen LogP contribution < -0.4 is 5.32 Å². The van der Waals surface area contributed by atoms with Crippen LogP contribution in [-0.4, -0.2) is 13.1 Å². The summed E-state index contributed by atoms with van der Waals surface area (Å²) in [5, 5.41) is 3.41. The van der Waals surface area contributed by atoms with Crippen LogP contribution in [0.15, 0.2) is 0 Å². The van der Waals surface area contributed by atoms with Gasteiger partial charge in [-0.25, -0.2) is 0 Å². The molecule has 1 aliphatic rings. The predicted molar refractivity (Wildman–Crippen MR) is 79.2 cm³/mol. The van der Waals surface area contributed by atoms with E-state index in [1.807, 2.05) is 41.5 Å². The molecule has 0 saturated carbocycles. The normalized spacial score (nSPS) is 16.5. The zero-order valence-corrected chi connectivity index (χ0v) is 13.2. The Kier molecular flexibility index (Phi) is 23.1. The van der Waals surface area contributed by atoms with Crippen LogP contribution in [0.25, 0.3) is 0 Å². The zero-order chi connectivity index (χ0) is 13.4. The van der Waals surface area contributed by atoms with Crippen LogP contribution >= 0.6 is 0 Å². The number of piperidine rings is 1. The summed E-state index contributed by atoms with van der Waals surface area (Å²) < 4.78 is 0. The van der Waals surface area contributed by atoms with E-state index < -0.39 is 0 Å².